The Morgan fingerprint density at radius 2 is 2.17 bits per heavy atom. The molecule has 118 valence electrons. The maximum absolute atomic E-state index is 12.3. The molecule has 1 amide bonds. The van der Waals surface area contributed by atoms with Gasteiger partial charge in [0.05, 0.1) is 18.5 Å². The van der Waals surface area contributed by atoms with E-state index in [9.17, 15) is 4.79 Å². The minimum atomic E-state index is -0.224. The summed E-state index contributed by atoms with van der Waals surface area (Å²) in [5.41, 5.74) is 2.36. The summed E-state index contributed by atoms with van der Waals surface area (Å²) in [5.74, 6) is 0.522. The molecule has 0 bridgehead atoms. The maximum atomic E-state index is 12.3. The van der Waals surface area contributed by atoms with Gasteiger partial charge in [0, 0.05) is 10.9 Å². The molecule has 2 heterocycles. The number of amides is 1. The Kier molecular flexibility index (Phi) is 4.63. The first-order valence-corrected chi connectivity index (χ1v) is 8.59. The van der Waals surface area contributed by atoms with Gasteiger partial charge in [-0.2, -0.15) is 0 Å². The highest BCUT2D eigenvalue weighted by molar-refractivity contribution is 7.14. The number of methoxy groups -OCH3 is 1. The van der Waals surface area contributed by atoms with Crippen molar-refractivity contribution in [3.8, 4) is 17.0 Å². The normalized spacial score (nSPS) is 10.5. The SMILES string of the molecule is CCc1nnsc1C(=O)Nc1nc(-c2ccccc2OC)cs1. The maximum Gasteiger partial charge on any atom is 0.271 e. The number of benzene rings is 1. The van der Waals surface area contributed by atoms with E-state index in [0.29, 0.717) is 22.1 Å². The lowest BCUT2D eigenvalue weighted by molar-refractivity contribution is 0.102. The van der Waals surface area contributed by atoms with E-state index in [4.69, 9.17) is 4.74 Å². The molecule has 0 saturated carbocycles. The predicted octanol–water partition coefficient (Wildman–Crippen LogP) is 3.48. The fraction of sp³-hybridized carbons (Fsp3) is 0.200. The summed E-state index contributed by atoms with van der Waals surface area (Å²) < 4.78 is 9.17. The molecule has 0 atom stereocenters. The second kappa shape index (κ2) is 6.84. The smallest absolute Gasteiger partial charge is 0.271 e. The number of nitrogens with zero attached hydrogens (tertiary/aromatic N) is 3. The summed E-state index contributed by atoms with van der Waals surface area (Å²) in [4.78, 5) is 17.3. The van der Waals surface area contributed by atoms with Crippen molar-refractivity contribution in [3.63, 3.8) is 0 Å². The van der Waals surface area contributed by atoms with E-state index < -0.39 is 0 Å². The third-order valence-electron chi connectivity index (χ3n) is 3.20. The Bertz CT molecular complexity index is 828. The van der Waals surface area contributed by atoms with Crippen LogP contribution < -0.4 is 10.1 Å². The van der Waals surface area contributed by atoms with Crippen LogP contribution in [-0.4, -0.2) is 27.6 Å². The Morgan fingerprint density at radius 1 is 1.35 bits per heavy atom. The van der Waals surface area contributed by atoms with Gasteiger partial charge in [0.2, 0.25) is 0 Å². The summed E-state index contributed by atoms with van der Waals surface area (Å²) >= 11 is 2.46. The molecule has 2 aromatic heterocycles. The van der Waals surface area contributed by atoms with Gasteiger partial charge in [-0.05, 0) is 30.1 Å². The summed E-state index contributed by atoms with van der Waals surface area (Å²) in [6.45, 7) is 1.94. The molecule has 0 spiro atoms. The highest BCUT2D eigenvalue weighted by Gasteiger charge is 2.17. The Hall–Kier alpha value is -2.32. The number of para-hydroxylation sites is 1. The van der Waals surface area contributed by atoms with E-state index in [-0.39, 0.29) is 5.91 Å². The number of aromatic nitrogens is 3. The molecule has 0 saturated heterocycles. The summed E-state index contributed by atoms with van der Waals surface area (Å²) in [6, 6.07) is 7.64. The molecular formula is C15H14N4O2S2. The Labute approximate surface area is 141 Å². The molecule has 3 rings (SSSR count). The second-order valence-corrected chi connectivity index (χ2v) is 6.21. The largest absolute Gasteiger partial charge is 0.496 e. The number of hydrogen-bond acceptors (Lipinski definition) is 7. The Balaban J connectivity index is 1.81. The lowest BCUT2D eigenvalue weighted by atomic mass is 10.1. The number of carbonyl (C=O) groups excluding carboxylic acids is 1. The zero-order valence-electron chi connectivity index (χ0n) is 12.6. The van der Waals surface area contributed by atoms with Crippen LogP contribution in [0.25, 0.3) is 11.3 Å². The topological polar surface area (TPSA) is 77.0 Å². The van der Waals surface area contributed by atoms with Crippen molar-refractivity contribution < 1.29 is 9.53 Å². The predicted molar refractivity (Wildman–Crippen MR) is 91.3 cm³/mol. The lowest BCUT2D eigenvalue weighted by Crippen LogP contribution is -2.12. The average molecular weight is 346 g/mol. The van der Waals surface area contributed by atoms with Crippen LogP contribution in [0.5, 0.6) is 5.75 Å². The molecule has 1 aromatic carbocycles. The number of thiazole rings is 1. The number of ether oxygens (including phenoxy) is 1. The van der Waals surface area contributed by atoms with Crippen molar-refractivity contribution in [1.29, 1.82) is 0 Å². The van der Waals surface area contributed by atoms with Gasteiger partial charge in [0.1, 0.15) is 10.6 Å². The van der Waals surface area contributed by atoms with Crippen LogP contribution in [0, 0.1) is 0 Å². The third kappa shape index (κ3) is 3.22. The van der Waals surface area contributed by atoms with Crippen LogP contribution in [0.15, 0.2) is 29.6 Å². The van der Waals surface area contributed by atoms with E-state index in [1.54, 1.807) is 7.11 Å². The van der Waals surface area contributed by atoms with Crippen molar-refractivity contribution in [1.82, 2.24) is 14.6 Å². The van der Waals surface area contributed by atoms with Crippen molar-refractivity contribution in [2.45, 2.75) is 13.3 Å². The van der Waals surface area contributed by atoms with Crippen LogP contribution >= 0.6 is 22.9 Å². The molecule has 0 aliphatic heterocycles. The van der Waals surface area contributed by atoms with Gasteiger partial charge in [0.25, 0.3) is 5.91 Å². The molecule has 0 unspecified atom stereocenters. The third-order valence-corrected chi connectivity index (χ3v) is 4.73. The number of carbonyl (C=O) groups is 1. The van der Waals surface area contributed by atoms with Gasteiger partial charge in [-0.25, -0.2) is 4.98 Å². The molecule has 3 aromatic rings. The summed E-state index contributed by atoms with van der Waals surface area (Å²) in [5, 5.41) is 9.17. The van der Waals surface area contributed by atoms with Gasteiger partial charge in [-0.1, -0.05) is 23.5 Å². The van der Waals surface area contributed by atoms with Gasteiger partial charge in [-0.3, -0.25) is 10.1 Å². The van der Waals surface area contributed by atoms with Crippen LogP contribution in [0.1, 0.15) is 22.3 Å². The molecule has 0 fully saturated rings. The number of nitrogens with one attached hydrogen (secondary N) is 1. The summed E-state index contributed by atoms with van der Waals surface area (Å²) in [7, 11) is 1.62. The van der Waals surface area contributed by atoms with Crippen LogP contribution in [-0.2, 0) is 6.42 Å². The molecular weight excluding hydrogens is 332 g/mol. The van der Waals surface area contributed by atoms with Crippen LogP contribution in [0.2, 0.25) is 0 Å². The van der Waals surface area contributed by atoms with E-state index in [1.165, 1.54) is 11.3 Å². The summed E-state index contributed by atoms with van der Waals surface area (Å²) in [6.07, 6.45) is 0.670. The highest BCUT2D eigenvalue weighted by atomic mass is 32.1. The second-order valence-electron chi connectivity index (χ2n) is 4.59. The number of anilines is 1. The van der Waals surface area contributed by atoms with E-state index in [1.807, 2.05) is 36.6 Å². The van der Waals surface area contributed by atoms with Crippen molar-refractivity contribution in [2.24, 2.45) is 0 Å². The highest BCUT2D eigenvalue weighted by Crippen LogP contribution is 2.32. The van der Waals surface area contributed by atoms with E-state index in [2.05, 4.69) is 19.9 Å². The minimum absolute atomic E-state index is 0.224. The first kappa shape index (κ1) is 15.6. The monoisotopic (exact) mass is 346 g/mol. The quantitative estimate of drug-likeness (QED) is 0.765. The molecule has 0 aliphatic carbocycles. The van der Waals surface area contributed by atoms with Crippen molar-refractivity contribution >= 4 is 33.9 Å². The van der Waals surface area contributed by atoms with Gasteiger partial charge in [-0.15, -0.1) is 16.4 Å². The molecule has 0 aliphatic rings. The average Bonchev–Trinajstić information content (AvgIpc) is 3.23. The van der Waals surface area contributed by atoms with Gasteiger partial charge >= 0.3 is 0 Å². The molecule has 1 N–H and O–H groups in total. The standard InChI is InChI=1S/C15H14N4O2S2/c1-3-10-13(23-19-18-10)14(20)17-15-16-11(8-22-15)9-6-4-5-7-12(9)21-2/h4-8H,3H2,1-2H3,(H,16,17,20). The molecule has 8 heteroatoms. The van der Waals surface area contributed by atoms with E-state index in [0.717, 1.165) is 28.5 Å². The first-order chi connectivity index (χ1) is 11.2. The number of rotatable bonds is 5. The van der Waals surface area contributed by atoms with Crippen molar-refractivity contribution in [2.75, 3.05) is 12.4 Å². The van der Waals surface area contributed by atoms with Crippen molar-refractivity contribution in [3.05, 3.63) is 40.2 Å². The van der Waals surface area contributed by atoms with Crippen LogP contribution in [0.3, 0.4) is 0 Å². The lowest BCUT2D eigenvalue weighted by Gasteiger charge is -2.05. The molecule has 6 nitrogen and oxygen atoms in total. The molecule has 23 heavy (non-hydrogen) atoms. The number of aryl methyl sites for hydroxylation is 1. The van der Waals surface area contributed by atoms with Crippen LogP contribution in [0.4, 0.5) is 5.13 Å². The Morgan fingerprint density at radius 3 is 2.96 bits per heavy atom. The fourth-order valence-electron chi connectivity index (χ4n) is 2.08. The molecule has 0 radical (unpaired) electrons. The first-order valence-electron chi connectivity index (χ1n) is 6.94. The minimum Gasteiger partial charge on any atom is -0.496 e. The zero-order valence-corrected chi connectivity index (χ0v) is 14.2. The fourth-order valence-corrected chi connectivity index (χ4v) is 3.43. The van der Waals surface area contributed by atoms with E-state index >= 15 is 0 Å². The van der Waals surface area contributed by atoms with Gasteiger partial charge < -0.3 is 4.74 Å². The van der Waals surface area contributed by atoms with Gasteiger partial charge in [0.15, 0.2) is 5.13 Å². The zero-order chi connectivity index (χ0) is 16.2. The number of hydrogen-bond donors (Lipinski definition) is 1.